The van der Waals surface area contributed by atoms with Crippen molar-refractivity contribution < 1.29 is 0 Å². The minimum atomic E-state index is 0.687. The highest BCUT2D eigenvalue weighted by Crippen LogP contribution is 2.45. The van der Waals surface area contributed by atoms with Crippen molar-refractivity contribution in [3.8, 4) is 0 Å². The van der Waals surface area contributed by atoms with Crippen molar-refractivity contribution in [2.75, 3.05) is 19.6 Å². The van der Waals surface area contributed by atoms with Crippen LogP contribution in [0.1, 0.15) is 182 Å². The number of piperidine rings is 1. The normalized spacial score (nSPS) is 20.4. The molecule has 2 nitrogen and oxygen atoms in total. The summed E-state index contributed by atoms with van der Waals surface area (Å²) in [6, 6.07) is 1.58. The number of nitrogens with one attached hydrogen (secondary N) is 1. The van der Waals surface area contributed by atoms with E-state index >= 15 is 0 Å². The van der Waals surface area contributed by atoms with E-state index < -0.39 is 0 Å². The molecule has 1 heterocycles. The monoisotopic (exact) mass is 519 g/mol. The Morgan fingerprint density at radius 1 is 0.595 bits per heavy atom. The SMILES string of the molecule is CCCCCCCC(CCCCC)NC1CCC2(CC1)CCN(CC(CCCC)CCCCCC)CC2. The minimum absolute atomic E-state index is 0.687. The van der Waals surface area contributed by atoms with E-state index in [9.17, 15) is 0 Å². The summed E-state index contributed by atoms with van der Waals surface area (Å²) in [5, 5.41) is 4.20. The lowest BCUT2D eigenvalue weighted by Gasteiger charge is -2.47. The molecule has 1 aliphatic heterocycles. The molecule has 2 heteroatoms. The van der Waals surface area contributed by atoms with E-state index in [4.69, 9.17) is 0 Å². The number of nitrogens with zero attached hydrogens (tertiary/aromatic N) is 1. The van der Waals surface area contributed by atoms with Crippen LogP contribution in [0.15, 0.2) is 0 Å². The Balaban J connectivity index is 1.72. The predicted molar refractivity (Wildman–Crippen MR) is 167 cm³/mol. The van der Waals surface area contributed by atoms with Gasteiger partial charge in [-0.1, -0.05) is 118 Å². The van der Waals surface area contributed by atoms with Crippen molar-refractivity contribution in [3.05, 3.63) is 0 Å². The van der Waals surface area contributed by atoms with Crippen LogP contribution in [0.3, 0.4) is 0 Å². The molecule has 0 radical (unpaired) electrons. The smallest absolute Gasteiger partial charge is 0.00700 e. The summed E-state index contributed by atoms with van der Waals surface area (Å²) in [5.41, 5.74) is 0.687. The first-order valence-corrected chi connectivity index (χ1v) is 17.6. The van der Waals surface area contributed by atoms with Gasteiger partial charge in [0.1, 0.15) is 0 Å². The fraction of sp³-hybridized carbons (Fsp3) is 1.00. The van der Waals surface area contributed by atoms with Crippen LogP contribution in [0.5, 0.6) is 0 Å². The van der Waals surface area contributed by atoms with Gasteiger partial charge >= 0.3 is 0 Å². The molecule has 1 saturated carbocycles. The first-order chi connectivity index (χ1) is 18.1. The van der Waals surface area contributed by atoms with Gasteiger partial charge in [-0.15, -0.1) is 0 Å². The van der Waals surface area contributed by atoms with Crippen LogP contribution in [-0.4, -0.2) is 36.6 Å². The van der Waals surface area contributed by atoms with E-state index in [1.54, 1.807) is 0 Å². The molecule has 0 amide bonds. The summed E-state index contributed by atoms with van der Waals surface area (Å²) in [4.78, 5) is 2.87. The summed E-state index contributed by atoms with van der Waals surface area (Å²) in [6.45, 7) is 13.5. The topological polar surface area (TPSA) is 15.3 Å². The molecule has 2 unspecified atom stereocenters. The van der Waals surface area contributed by atoms with E-state index in [1.165, 1.54) is 174 Å². The number of hydrogen-bond donors (Lipinski definition) is 1. The van der Waals surface area contributed by atoms with Crippen LogP contribution in [0, 0.1) is 11.3 Å². The van der Waals surface area contributed by atoms with Gasteiger partial charge in [0.2, 0.25) is 0 Å². The summed E-state index contributed by atoms with van der Waals surface area (Å²) in [7, 11) is 0. The molecular weight excluding hydrogens is 448 g/mol. The van der Waals surface area contributed by atoms with Crippen LogP contribution in [0.2, 0.25) is 0 Å². The lowest BCUT2D eigenvalue weighted by atomic mass is 9.66. The Morgan fingerprint density at radius 2 is 1.08 bits per heavy atom. The molecule has 2 rings (SSSR count). The van der Waals surface area contributed by atoms with Crippen molar-refractivity contribution in [2.45, 2.75) is 194 Å². The second-order valence-corrected chi connectivity index (χ2v) is 13.5. The van der Waals surface area contributed by atoms with Gasteiger partial charge in [-0.2, -0.15) is 0 Å². The number of unbranched alkanes of at least 4 members (excludes halogenated alkanes) is 10. The van der Waals surface area contributed by atoms with Crippen molar-refractivity contribution in [1.82, 2.24) is 10.2 Å². The third-order valence-electron chi connectivity index (χ3n) is 10.2. The number of rotatable bonds is 22. The van der Waals surface area contributed by atoms with Gasteiger partial charge in [-0.3, -0.25) is 0 Å². The average Bonchev–Trinajstić information content (AvgIpc) is 2.92. The molecule has 220 valence electrons. The first kappa shape index (κ1) is 33.1. The molecule has 0 aromatic heterocycles. The first-order valence-electron chi connectivity index (χ1n) is 17.6. The average molecular weight is 519 g/mol. The van der Waals surface area contributed by atoms with Crippen LogP contribution in [-0.2, 0) is 0 Å². The van der Waals surface area contributed by atoms with Gasteiger partial charge in [-0.25, -0.2) is 0 Å². The van der Waals surface area contributed by atoms with Crippen molar-refractivity contribution in [3.63, 3.8) is 0 Å². The Labute approximate surface area is 234 Å². The van der Waals surface area contributed by atoms with Gasteiger partial charge in [-0.05, 0) is 88.6 Å². The van der Waals surface area contributed by atoms with Crippen molar-refractivity contribution in [2.24, 2.45) is 11.3 Å². The van der Waals surface area contributed by atoms with E-state index in [2.05, 4.69) is 37.9 Å². The summed E-state index contributed by atoms with van der Waals surface area (Å²) >= 11 is 0. The molecule has 2 aliphatic rings. The zero-order valence-corrected chi connectivity index (χ0v) is 26.3. The van der Waals surface area contributed by atoms with E-state index in [0.29, 0.717) is 5.41 Å². The van der Waals surface area contributed by atoms with Gasteiger partial charge in [0.15, 0.2) is 0 Å². The maximum Gasteiger partial charge on any atom is 0.00700 e. The lowest BCUT2D eigenvalue weighted by Crippen LogP contribution is -2.47. The molecule has 0 aromatic rings. The van der Waals surface area contributed by atoms with Gasteiger partial charge in [0.05, 0.1) is 0 Å². The minimum Gasteiger partial charge on any atom is -0.311 e. The molecule has 1 N–H and O–H groups in total. The molecule has 0 bridgehead atoms. The molecule has 2 atom stereocenters. The van der Waals surface area contributed by atoms with Crippen LogP contribution < -0.4 is 5.32 Å². The van der Waals surface area contributed by atoms with E-state index in [-0.39, 0.29) is 0 Å². The Bertz CT molecular complexity index is 499. The molecule has 0 aromatic carbocycles. The standard InChI is InChI=1S/C35H70N2/c1-5-9-13-15-18-22-33(21-16-11-7-3)36-34-23-25-35(26-24-34)27-29-37(30-28-35)31-32(19-12-8-4)20-17-14-10-6-2/h32-34,36H,5-31H2,1-4H3. The van der Waals surface area contributed by atoms with E-state index in [0.717, 1.165) is 18.0 Å². The Hall–Kier alpha value is -0.0800. The molecular formula is C35H70N2. The summed E-state index contributed by atoms with van der Waals surface area (Å²) in [5.74, 6) is 0.956. The largest absolute Gasteiger partial charge is 0.311 e. The molecule has 37 heavy (non-hydrogen) atoms. The molecule has 2 fully saturated rings. The molecule has 1 spiro atoms. The fourth-order valence-electron chi connectivity index (χ4n) is 7.43. The van der Waals surface area contributed by atoms with E-state index in [1.807, 2.05) is 0 Å². The number of hydrogen-bond acceptors (Lipinski definition) is 2. The number of likely N-dealkylation sites (tertiary alicyclic amines) is 1. The Kier molecular flexibility index (Phi) is 18.6. The van der Waals surface area contributed by atoms with Gasteiger partial charge in [0, 0.05) is 18.6 Å². The zero-order valence-electron chi connectivity index (χ0n) is 26.3. The lowest BCUT2D eigenvalue weighted by molar-refractivity contribution is 0.0480. The summed E-state index contributed by atoms with van der Waals surface area (Å²) < 4.78 is 0. The maximum absolute atomic E-state index is 4.20. The van der Waals surface area contributed by atoms with Crippen LogP contribution in [0.25, 0.3) is 0 Å². The highest BCUT2D eigenvalue weighted by atomic mass is 15.1. The third-order valence-corrected chi connectivity index (χ3v) is 10.2. The van der Waals surface area contributed by atoms with Gasteiger partial charge < -0.3 is 10.2 Å². The highest BCUT2D eigenvalue weighted by molar-refractivity contribution is 4.93. The fourth-order valence-corrected chi connectivity index (χ4v) is 7.43. The molecule has 1 saturated heterocycles. The van der Waals surface area contributed by atoms with Gasteiger partial charge in [0.25, 0.3) is 0 Å². The second-order valence-electron chi connectivity index (χ2n) is 13.5. The summed E-state index contributed by atoms with van der Waals surface area (Å²) in [6.07, 6.45) is 34.4. The zero-order chi connectivity index (χ0) is 26.6. The quantitative estimate of drug-likeness (QED) is 0.143. The Morgan fingerprint density at radius 3 is 1.70 bits per heavy atom. The third kappa shape index (κ3) is 14.2. The maximum atomic E-state index is 4.20. The van der Waals surface area contributed by atoms with Crippen LogP contribution in [0.4, 0.5) is 0 Å². The second kappa shape index (κ2) is 20.8. The highest BCUT2D eigenvalue weighted by Gasteiger charge is 2.38. The predicted octanol–water partition coefficient (Wildman–Crippen LogP) is 10.7. The van der Waals surface area contributed by atoms with Crippen molar-refractivity contribution >= 4 is 0 Å². The van der Waals surface area contributed by atoms with Crippen molar-refractivity contribution in [1.29, 1.82) is 0 Å². The molecule has 1 aliphatic carbocycles. The van der Waals surface area contributed by atoms with Crippen LogP contribution >= 0.6 is 0 Å².